The van der Waals surface area contributed by atoms with E-state index in [2.05, 4.69) is 19.2 Å². The average Bonchev–Trinajstić information content (AvgIpc) is 2.27. The highest BCUT2D eigenvalue weighted by Crippen LogP contribution is 2.24. The average molecular weight is 268 g/mol. The molecule has 110 valence electrons. The Hall–Kier alpha value is -1.06. The van der Waals surface area contributed by atoms with Crippen LogP contribution in [-0.2, 0) is 9.59 Å². The van der Waals surface area contributed by atoms with Gasteiger partial charge in [0.05, 0.1) is 0 Å². The maximum Gasteiger partial charge on any atom is 0.246 e. The van der Waals surface area contributed by atoms with Gasteiger partial charge in [0.25, 0.3) is 0 Å². The maximum absolute atomic E-state index is 12.5. The van der Waals surface area contributed by atoms with Gasteiger partial charge in [0.15, 0.2) is 0 Å². The van der Waals surface area contributed by atoms with Crippen molar-refractivity contribution in [2.75, 3.05) is 6.54 Å². The van der Waals surface area contributed by atoms with E-state index >= 15 is 0 Å². The Morgan fingerprint density at radius 1 is 1.21 bits per heavy atom. The third kappa shape index (κ3) is 3.48. The molecule has 1 fully saturated rings. The lowest BCUT2D eigenvalue weighted by Gasteiger charge is -2.45. The number of nitrogens with one attached hydrogen (secondary N) is 1. The van der Waals surface area contributed by atoms with E-state index in [9.17, 15) is 9.59 Å². The minimum absolute atomic E-state index is 0.0460. The minimum atomic E-state index is -0.737. The van der Waals surface area contributed by atoms with E-state index in [4.69, 9.17) is 0 Å². The second-order valence-corrected chi connectivity index (χ2v) is 6.78. The maximum atomic E-state index is 12.5. The van der Waals surface area contributed by atoms with E-state index in [0.717, 1.165) is 12.8 Å². The number of carbonyl (C=O) groups is 2. The summed E-state index contributed by atoms with van der Waals surface area (Å²) in [5.74, 6) is 0.761. The lowest BCUT2D eigenvalue weighted by atomic mass is 9.91. The first-order valence-corrected chi connectivity index (χ1v) is 7.30. The molecule has 1 rings (SSSR count). The molecule has 19 heavy (non-hydrogen) atoms. The molecule has 0 aliphatic carbocycles. The Balaban J connectivity index is 2.82. The molecule has 0 spiro atoms. The van der Waals surface area contributed by atoms with E-state index in [1.807, 2.05) is 27.7 Å². The summed E-state index contributed by atoms with van der Waals surface area (Å²) in [6, 6.07) is -0.375. The Morgan fingerprint density at radius 3 is 2.26 bits per heavy atom. The zero-order chi connectivity index (χ0) is 14.8. The molecule has 0 aromatic carbocycles. The molecule has 1 unspecified atom stereocenters. The summed E-state index contributed by atoms with van der Waals surface area (Å²) >= 11 is 0. The van der Waals surface area contributed by atoms with Crippen LogP contribution in [0.5, 0.6) is 0 Å². The Kier molecular flexibility index (Phi) is 4.99. The molecular formula is C15H28N2O2. The Labute approximate surface area is 116 Å². The molecule has 0 saturated carbocycles. The first-order valence-electron chi connectivity index (χ1n) is 7.30. The molecule has 2 amide bonds. The lowest BCUT2D eigenvalue weighted by molar-refractivity contribution is -0.156. The first-order chi connectivity index (χ1) is 8.67. The molecule has 1 aliphatic heterocycles. The van der Waals surface area contributed by atoms with Crippen LogP contribution < -0.4 is 5.32 Å². The topological polar surface area (TPSA) is 49.4 Å². The van der Waals surface area contributed by atoms with Gasteiger partial charge in [-0.05, 0) is 38.5 Å². The third-order valence-electron chi connectivity index (χ3n) is 3.88. The van der Waals surface area contributed by atoms with Crippen LogP contribution in [0.3, 0.4) is 0 Å². The minimum Gasteiger partial charge on any atom is -0.342 e. The van der Waals surface area contributed by atoms with Crippen molar-refractivity contribution in [2.24, 2.45) is 11.8 Å². The quantitative estimate of drug-likeness (QED) is 0.831. The van der Waals surface area contributed by atoms with Gasteiger partial charge in [-0.1, -0.05) is 27.7 Å². The number of nitrogens with zero attached hydrogens (tertiary/aromatic N) is 1. The van der Waals surface area contributed by atoms with Gasteiger partial charge >= 0.3 is 0 Å². The molecular weight excluding hydrogens is 240 g/mol. The monoisotopic (exact) mass is 268 g/mol. The smallest absolute Gasteiger partial charge is 0.246 e. The summed E-state index contributed by atoms with van der Waals surface area (Å²) in [4.78, 5) is 26.5. The highest BCUT2D eigenvalue weighted by molar-refractivity contribution is 5.99. The fourth-order valence-corrected chi connectivity index (χ4v) is 2.44. The van der Waals surface area contributed by atoms with Crippen LogP contribution in [0.15, 0.2) is 0 Å². The largest absolute Gasteiger partial charge is 0.342 e. The van der Waals surface area contributed by atoms with Gasteiger partial charge in [-0.15, -0.1) is 0 Å². The highest BCUT2D eigenvalue weighted by Gasteiger charge is 2.46. The predicted molar refractivity (Wildman–Crippen MR) is 76.6 cm³/mol. The Morgan fingerprint density at radius 2 is 1.79 bits per heavy atom. The van der Waals surface area contributed by atoms with Crippen molar-refractivity contribution >= 4 is 11.8 Å². The van der Waals surface area contributed by atoms with E-state index < -0.39 is 5.54 Å². The van der Waals surface area contributed by atoms with Crippen molar-refractivity contribution in [3.8, 4) is 0 Å². The van der Waals surface area contributed by atoms with Crippen LogP contribution in [0.25, 0.3) is 0 Å². The van der Waals surface area contributed by atoms with Gasteiger partial charge in [0.2, 0.25) is 11.8 Å². The number of piperazine rings is 1. The number of hydrogen-bond donors (Lipinski definition) is 1. The van der Waals surface area contributed by atoms with Crippen LogP contribution in [0.4, 0.5) is 0 Å². The van der Waals surface area contributed by atoms with Crippen molar-refractivity contribution in [1.29, 1.82) is 0 Å². The molecule has 1 saturated heterocycles. The lowest BCUT2D eigenvalue weighted by Crippen LogP contribution is -2.69. The van der Waals surface area contributed by atoms with Gasteiger partial charge in [-0.25, -0.2) is 0 Å². The molecule has 4 nitrogen and oxygen atoms in total. The summed E-state index contributed by atoms with van der Waals surface area (Å²) < 4.78 is 0. The summed E-state index contributed by atoms with van der Waals surface area (Å²) in [6.45, 7) is 12.6. The summed E-state index contributed by atoms with van der Waals surface area (Å²) in [6.07, 6.45) is 2.03. The van der Waals surface area contributed by atoms with Crippen LogP contribution in [0.1, 0.15) is 54.4 Å². The van der Waals surface area contributed by atoms with Gasteiger partial charge in [-0.3, -0.25) is 9.59 Å². The number of rotatable bonds is 5. The SMILES string of the molecule is CC(C)CCCN1C(=O)C(C(C)C)NC(=O)C1(C)C. The van der Waals surface area contributed by atoms with E-state index in [1.165, 1.54) is 0 Å². The van der Waals surface area contributed by atoms with Crippen LogP contribution in [0, 0.1) is 11.8 Å². The van der Waals surface area contributed by atoms with Crippen LogP contribution in [-0.4, -0.2) is 34.8 Å². The molecule has 1 heterocycles. The normalized spacial score (nSPS) is 23.2. The van der Waals surface area contributed by atoms with Gasteiger partial charge < -0.3 is 10.2 Å². The zero-order valence-corrected chi connectivity index (χ0v) is 13.1. The van der Waals surface area contributed by atoms with E-state index in [0.29, 0.717) is 12.5 Å². The fourth-order valence-electron chi connectivity index (χ4n) is 2.44. The number of amides is 2. The molecule has 0 radical (unpaired) electrons. The molecule has 0 aromatic heterocycles. The molecule has 0 bridgehead atoms. The standard InChI is InChI=1S/C15H28N2O2/c1-10(2)8-7-9-17-13(18)12(11(3)4)16-14(19)15(17,5)6/h10-12H,7-9H2,1-6H3,(H,16,19). The molecule has 0 aromatic rings. The molecule has 1 aliphatic rings. The van der Waals surface area contributed by atoms with Crippen molar-refractivity contribution < 1.29 is 9.59 Å². The third-order valence-corrected chi connectivity index (χ3v) is 3.88. The molecule has 1 atom stereocenters. The van der Waals surface area contributed by atoms with Gasteiger partial charge in [0.1, 0.15) is 11.6 Å². The first kappa shape index (κ1) is 16.0. The number of carbonyl (C=O) groups excluding carboxylic acids is 2. The highest BCUT2D eigenvalue weighted by atomic mass is 16.2. The van der Waals surface area contributed by atoms with Crippen LogP contribution in [0.2, 0.25) is 0 Å². The van der Waals surface area contributed by atoms with Crippen molar-refractivity contribution in [2.45, 2.75) is 66.0 Å². The van der Waals surface area contributed by atoms with Crippen molar-refractivity contribution in [3.05, 3.63) is 0 Å². The fraction of sp³-hybridized carbons (Fsp3) is 0.867. The summed E-state index contributed by atoms with van der Waals surface area (Å²) in [5.41, 5.74) is -0.737. The Bertz CT molecular complexity index is 348. The van der Waals surface area contributed by atoms with E-state index in [-0.39, 0.29) is 23.8 Å². The van der Waals surface area contributed by atoms with Crippen molar-refractivity contribution in [1.82, 2.24) is 10.2 Å². The van der Waals surface area contributed by atoms with Gasteiger partial charge in [-0.2, -0.15) is 0 Å². The van der Waals surface area contributed by atoms with Crippen molar-refractivity contribution in [3.63, 3.8) is 0 Å². The van der Waals surface area contributed by atoms with Gasteiger partial charge in [0, 0.05) is 6.54 Å². The van der Waals surface area contributed by atoms with Crippen LogP contribution >= 0.6 is 0 Å². The summed E-state index contributed by atoms with van der Waals surface area (Å²) in [5, 5.41) is 2.85. The second kappa shape index (κ2) is 5.93. The number of hydrogen-bond acceptors (Lipinski definition) is 2. The zero-order valence-electron chi connectivity index (χ0n) is 13.1. The predicted octanol–water partition coefficient (Wildman–Crippen LogP) is 2.18. The summed E-state index contributed by atoms with van der Waals surface area (Å²) in [7, 11) is 0. The molecule has 4 heteroatoms. The second-order valence-electron chi connectivity index (χ2n) is 6.78. The van der Waals surface area contributed by atoms with E-state index in [1.54, 1.807) is 4.90 Å². The molecule has 1 N–H and O–H groups in total.